The average Bonchev–Trinajstić information content (AvgIpc) is 2.59. The molecule has 1 aliphatic carbocycles. The third-order valence-electron chi connectivity index (χ3n) is 5.63. The van der Waals surface area contributed by atoms with Crippen LogP contribution in [0.5, 0.6) is 0 Å². The number of quaternary nitrogens is 2. The van der Waals surface area contributed by atoms with Gasteiger partial charge in [0.15, 0.2) is 6.54 Å². The Morgan fingerprint density at radius 2 is 1.88 bits per heavy atom. The van der Waals surface area contributed by atoms with Gasteiger partial charge >= 0.3 is 0 Å². The van der Waals surface area contributed by atoms with Crippen LogP contribution in [0.3, 0.4) is 0 Å². The van der Waals surface area contributed by atoms with Crippen LogP contribution in [0.25, 0.3) is 0 Å². The monoisotopic (exact) mass is 335 g/mol. The van der Waals surface area contributed by atoms with Gasteiger partial charge in [0.1, 0.15) is 32.0 Å². The minimum Gasteiger partial charge on any atom is -0.323 e. The first-order chi connectivity index (χ1) is 11.6. The van der Waals surface area contributed by atoms with E-state index in [-0.39, 0.29) is 11.7 Å². The predicted octanol–water partition coefficient (Wildman–Crippen LogP) is 0.189. The number of aryl methyl sites for hydroxylation is 1. The Labute approximate surface area is 144 Å². The molecule has 5 heteroatoms. The second-order valence-corrected chi connectivity index (χ2v) is 7.43. The third kappa shape index (κ3) is 4.54. The van der Waals surface area contributed by atoms with Crippen LogP contribution >= 0.6 is 0 Å². The summed E-state index contributed by atoms with van der Waals surface area (Å²) in [5, 5.41) is 2.90. The minimum atomic E-state index is -0.236. The van der Waals surface area contributed by atoms with E-state index in [1.54, 1.807) is 24.0 Å². The standard InChI is InChI=1S/C19H28FN3O/c1-15-13-16(7-8-18(15)20)21-19(24)14-22-9-11-23(12-10-22)17-5-3-2-4-6-17/h7-8,13,17H,2-6,9-12,14H2,1H3,(H,21,24)/p+2. The quantitative estimate of drug-likeness (QED) is 0.722. The lowest BCUT2D eigenvalue weighted by atomic mass is 9.94. The Bertz CT molecular complexity index is 564. The van der Waals surface area contributed by atoms with Crippen molar-refractivity contribution >= 4 is 11.6 Å². The molecule has 0 radical (unpaired) electrons. The van der Waals surface area contributed by atoms with E-state index in [1.165, 1.54) is 56.2 Å². The predicted molar refractivity (Wildman–Crippen MR) is 92.9 cm³/mol. The summed E-state index contributed by atoms with van der Waals surface area (Å²) >= 11 is 0. The molecular formula is C19H30FN3O+2. The number of amides is 1. The summed E-state index contributed by atoms with van der Waals surface area (Å²) in [4.78, 5) is 15.4. The smallest absolute Gasteiger partial charge is 0.279 e. The van der Waals surface area contributed by atoms with Crippen LogP contribution in [0.4, 0.5) is 10.1 Å². The van der Waals surface area contributed by atoms with Crippen LogP contribution in [-0.4, -0.2) is 44.7 Å². The van der Waals surface area contributed by atoms with Gasteiger partial charge in [-0.15, -0.1) is 0 Å². The summed E-state index contributed by atoms with van der Waals surface area (Å²) in [5.41, 5.74) is 1.25. The highest BCUT2D eigenvalue weighted by Gasteiger charge is 2.31. The highest BCUT2D eigenvalue weighted by molar-refractivity contribution is 5.91. The Morgan fingerprint density at radius 3 is 2.54 bits per heavy atom. The fourth-order valence-corrected chi connectivity index (χ4v) is 4.18. The highest BCUT2D eigenvalue weighted by atomic mass is 19.1. The van der Waals surface area contributed by atoms with Crippen molar-refractivity contribution in [2.24, 2.45) is 0 Å². The van der Waals surface area contributed by atoms with Gasteiger partial charge in [-0.1, -0.05) is 6.42 Å². The Balaban J connectivity index is 1.43. The minimum absolute atomic E-state index is 0.0251. The zero-order valence-corrected chi connectivity index (χ0v) is 14.7. The average molecular weight is 335 g/mol. The summed E-state index contributed by atoms with van der Waals surface area (Å²) in [5.74, 6) is -0.211. The number of anilines is 1. The van der Waals surface area contributed by atoms with E-state index in [1.807, 2.05) is 0 Å². The molecule has 132 valence electrons. The molecule has 0 unspecified atom stereocenters. The molecule has 1 saturated heterocycles. The molecule has 1 aromatic carbocycles. The molecule has 0 spiro atoms. The molecule has 2 aliphatic rings. The van der Waals surface area contributed by atoms with Crippen LogP contribution in [0.2, 0.25) is 0 Å². The number of rotatable bonds is 4. The Hall–Kier alpha value is -1.46. The number of benzene rings is 1. The molecule has 0 atom stereocenters. The van der Waals surface area contributed by atoms with E-state index in [9.17, 15) is 9.18 Å². The molecule has 1 heterocycles. The van der Waals surface area contributed by atoms with Crippen molar-refractivity contribution in [3.05, 3.63) is 29.6 Å². The van der Waals surface area contributed by atoms with Gasteiger partial charge in [-0.3, -0.25) is 4.79 Å². The number of carbonyl (C=O) groups excluding carboxylic acids is 1. The van der Waals surface area contributed by atoms with Gasteiger partial charge in [0.2, 0.25) is 0 Å². The fourth-order valence-electron chi connectivity index (χ4n) is 4.18. The summed E-state index contributed by atoms with van der Waals surface area (Å²) in [6.45, 7) is 6.73. The largest absolute Gasteiger partial charge is 0.323 e. The summed E-state index contributed by atoms with van der Waals surface area (Å²) in [6, 6.07) is 5.58. The molecule has 3 N–H and O–H groups in total. The summed E-state index contributed by atoms with van der Waals surface area (Å²) in [6.07, 6.45) is 6.96. The Kier molecular flexibility index (Phi) is 5.85. The lowest BCUT2D eigenvalue weighted by Gasteiger charge is -2.36. The molecule has 3 rings (SSSR count). The first-order valence-corrected chi connectivity index (χ1v) is 9.36. The first kappa shape index (κ1) is 17.4. The SMILES string of the molecule is Cc1cc(NC(=O)C[NH+]2CC[NH+](C3CCCCC3)CC2)ccc1F. The lowest BCUT2D eigenvalue weighted by Crippen LogP contribution is -3.30. The topological polar surface area (TPSA) is 38.0 Å². The number of hydrogen-bond donors (Lipinski definition) is 3. The van der Waals surface area contributed by atoms with Crippen LogP contribution in [0.1, 0.15) is 37.7 Å². The number of carbonyl (C=O) groups is 1. The number of halogens is 1. The number of hydrogen-bond acceptors (Lipinski definition) is 1. The van der Waals surface area contributed by atoms with Crippen LogP contribution in [0, 0.1) is 12.7 Å². The van der Waals surface area contributed by atoms with E-state index in [0.29, 0.717) is 17.8 Å². The maximum absolute atomic E-state index is 13.3. The number of piperazine rings is 1. The van der Waals surface area contributed by atoms with E-state index in [0.717, 1.165) is 19.1 Å². The van der Waals surface area contributed by atoms with E-state index in [2.05, 4.69) is 5.32 Å². The zero-order valence-electron chi connectivity index (χ0n) is 14.7. The van der Waals surface area contributed by atoms with Gasteiger partial charge in [-0.05, 0) is 56.4 Å². The van der Waals surface area contributed by atoms with Crippen molar-refractivity contribution in [1.29, 1.82) is 0 Å². The molecule has 2 fully saturated rings. The molecule has 0 bridgehead atoms. The number of nitrogens with one attached hydrogen (secondary N) is 3. The molecule has 0 aromatic heterocycles. The van der Waals surface area contributed by atoms with Gasteiger partial charge in [0.25, 0.3) is 5.91 Å². The van der Waals surface area contributed by atoms with Crippen LogP contribution in [0.15, 0.2) is 18.2 Å². The molecule has 4 nitrogen and oxygen atoms in total. The molecule has 1 aliphatic heterocycles. The van der Waals surface area contributed by atoms with Gasteiger partial charge in [-0.25, -0.2) is 4.39 Å². The normalized spacial score (nSPS) is 25.4. The van der Waals surface area contributed by atoms with E-state index in [4.69, 9.17) is 0 Å². The van der Waals surface area contributed by atoms with Gasteiger partial charge in [0.05, 0.1) is 6.04 Å². The fraction of sp³-hybridized carbons (Fsp3) is 0.632. The zero-order chi connectivity index (χ0) is 16.9. The molecular weight excluding hydrogens is 305 g/mol. The lowest BCUT2D eigenvalue weighted by molar-refractivity contribution is -1.02. The van der Waals surface area contributed by atoms with Crippen LogP contribution in [-0.2, 0) is 4.79 Å². The summed E-state index contributed by atoms with van der Waals surface area (Å²) < 4.78 is 13.3. The van der Waals surface area contributed by atoms with Crippen molar-refractivity contribution < 1.29 is 19.0 Å². The van der Waals surface area contributed by atoms with E-state index < -0.39 is 0 Å². The Morgan fingerprint density at radius 1 is 1.17 bits per heavy atom. The van der Waals surface area contributed by atoms with Crippen molar-refractivity contribution in [2.75, 3.05) is 38.0 Å². The van der Waals surface area contributed by atoms with E-state index >= 15 is 0 Å². The van der Waals surface area contributed by atoms with Gasteiger partial charge in [0, 0.05) is 5.69 Å². The summed E-state index contributed by atoms with van der Waals surface area (Å²) in [7, 11) is 0. The van der Waals surface area contributed by atoms with Gasteiger partial charge in [-0.2, -0.15) is 0 Å². The first-order valence-electron chi connectivity index (χ1n) is 9.36. The second-order valence-electron chi connectivity index (χ2n) is 7.43. The molecule has 24 heavy (non-hydrogen) atoms. The van der Waals surface area contributed by atoms with Crippen molar-refractivity contribution in [1.82, 2.24) is 0 Å². The van der Waals surface area contributed by atoms with Crippen molar-refractivity contribution in [2.45, 2.75) is 45.1 Å². The molecule has 1 amide bonds. The molecule has 1 aromatic rings. The maximum atomic E-state index is 13.3. The van der Waals surface area contributed by atoms with Gasteiger partial charge < -0.3 is 15.1 Å². The maximum Gasteiger partial charge on any atom is 0.279 e. The second kappa shape index (κ2) is 8.08. The van der Waals surface area contributed by atoms with Crippen molar-refractivity contribution in [3.8, 4) is 0 Å². The van der Waals surface area contributed by atoms with Crippen LogP contribution < -0.4 is 15.1 Å². The van der Waals surface area contributed by atoms with Crippen molar-refractivity contribution in [3.63, 3.8) is 0 Å². The third-order valence-corrected chi connectivity index (χ3v) is 5.63. The molecule has 1 saturated carbocycles. The highest BCUT2D eigenvalue weighted by Crippen LogP contribution is 2.15.